The third-order valence-corrected chi connectivity index (χ3v) is 11.9. The number of hydrogen-bond acceptors (Lipinski definition) is 3. The lowest BCUT2D eigenvalue weighted by Crippen LogP contribution is -2.01. The minimum atomic E-state index is 0.00385. The lowest BCUT2D eigenvalue weighted by Gasteiger charge is -2.15. The number of hydrogen-bond donors (Lipinski definition) is 0. The van der Waals surface area contributed by atoms with Crippen LogP contribution in [0.4, 0.5) is 0 Å². The first kappa shape index (κ1) is 39.0. The van der Waals surface area contributed by atoms with E-state index in [1.165, 1.54) is 0 Å². The number of benzene rings is 8. The molecule has 8 aromatic rings. The first-order valence-electron chi connectivity index (χ1n) is 21.2. The highest BCUT2D eigenvalue weighted by molar-refractivity contribution is 6.60. The Balaban J connectivity index is 1.04. The van der Waals surface area contributed by atoms with Gasteiger partial charge in [0.1, 0.15) is 11.5 Å². The fraction of sp³-hybridized carbons (Fsp3) is 0.0333. The van der Waals surface area contributed by atoms with Crippen LogP contribution in [0.1, 0.15) is 55.6 Å². The van der Waals surface area contributed by atoms with Crippen LogP contribution in [0.25, 0.3) is 44.6 Å². The maximum Gasteiger partial charge on any atom is 0.195 e. The van der Waals surface area contributed by atoms with Crippen molar-refractivity contribution in [3.8, 4) is 11.5 Å². The first-order chi connectivity index (χ1) is 30.9. The Hall–Kier alpha value is -8.14. The van der Waals surface area contributed by atoms with Crippen molar-refractivity contribution in [3.63, 3.8) is 0 Å². The summed E-state index contributed by atoms with van der Waals surface area (Å²) in [5, 5.41) is 0. The van der Waals surface area contributed by atoms with Crippen molar-refractivity contribution >= 4 is 56.2 Å². The minimum absolute atomic E-state index is 0.00385. The second kappa shape index (κ2) is 16.7. The Morgan fingerprint density at radius 2 is 0.444 bits per heavy atom. The van der Waals surface area contributed by atoms with Gasteiger partial charge in [-0.05, 0) is 82.6 Å². The lowest BCUT2D eigenvalue weighted by atomic mass is 9.89. The van der Waals surface area contributed by atoms with Crippen LogP contribution < -0.4 is 4.74 Å². The number of rotatable bonds is 10. The van der Waals surface area contributed by atoms with Crippen LogP contribution >= 0.6 is 0 Å². The van der Waals surface area contributed by atoms with Gasteiger partial charge in [-0.3, -0.25) is 9.59 Å². The molecular weight excluding hydrogens is 769 g/mol. The molecule has 0 aliphatic heterocycles. The van der Waals surface area contributed by atoms with Crippen LogP contribution in [0.2, 0.25) is 0 Å². The van der Waals surface area contributed by atoms with Crippen LogP contribution in [0.5, 0.6) is 11.5 Å². The summed E-state index contributed by atoms with van der Waals surface area (Å²) < 4.78 is 6.52. The molecule has 0 heterocycles. The molecule has 0 atom stereocenters. The molecule has 0 spiro atoms. The number of allylic oxidation sites excluding steroid dienone is 8. The summed E-state index contributed by atoms with van der Waals surface area (Å²) in [5.41, 5.74) is 16.0. The van der Waals surface area contributed by atoms with Gasteiger partial charge in [-0.25, -0.2) is 0 Å². The van der Waals surface area contributed by atoms with E-state index in [1.807, 2.05) is 170 Å². The van der Waals surface area contributed by atoms with Crippen LogP contribution in [-0.4, -0.2) is 11.6 Å². The lowest BCUT2D eigenvalue weighted by molar-refractivity contribution is -0.109. The summed E-state index contributed by atoms with van der Waals surface area (Å²) >= 11 is 0. The molecule has 8 aromatic carbocycles. The molecule has 0 amide bonds. The van der Waals surface area contributed by atoms with Gasteiger partial charge in [0.25, 0.3) is 0 Å². The van der Waals surface area contributed by atoms with Gasteiger partial charge in [0, 0.05) is 44.6 Å². The van der Waals surface area contributed by atoms with Gasteiger partial charge in [-0.2, -0.15) is 0 Å². The average molecular weight is 811 g/mol. The second-order valence-electron chi connectivity index (χ2n) is 16.0. The molecule has 0 saturated carbocycles. The van der Waals surface area contributed by atoms with Crippen molar-refractivity contribution in [3.05, 3.63) is 274 Å². The van der Waals surface area contributed by atoms with Gasteiger partial charge >= 0.3 is 0 Å². The molecule has 0 aromatic heterocycles. The molecule has 0 N–H and O–H groups in total. The third kappa shape index (κ3) is 7.41. The highest BCUT2D eigenvalue weighted by atomic mass is 16.5. The molecule has 63 heavy (non-hydrogen) atoms. The topological polar surface area (TPSA) is 43.4 Å². The molecular formula is C60H42O3. The number of Topliss-reactive ketones (excluding diaryl/α,β-unsaturated/α-hetero) is 2. The van der Waals surface area contributed by atoms with E-state index in [0.717, 1.165) is 77.9 Å². The molecule has 0 radical (unpaired) electrons. The zero-order valence-corrected chi connectivity index (χ0v) is 35.0. The van der Waals surface area contributed by atoms with Crippen LogP contribution in [0.15, 0.2) is 218 Å². The molecule has 0 saturated heterocycles. The highest BCUT2D eigenvalue weighted by Crippen LogP contribution is 2.51. The fourth-order valence-corrected chi connectivity index (χ4v) is 8.84. The van der Waals surface area contributed by atoms with Crippen molar-refractivity contribution in [2.75, 3.05) is 0 Å². The van der Waals surface area contributed by atoms with E-state index in [1.54, 1.807) is 0 Å². The summed E-state index contributed by atoms with van der Waals surface area (Å²) in [7, 11) is 0. The van der Waals surface area contributed by atoms with E-state index in [0.29, 0.717) is 33.8 Å². The number of carbonyl (C=O) groups excluding carboxylic acids is 2. The maximum atomic E-state index is 14.7. The first-order valence-corrected chi connectivity index (χ1v) is 21.2. The van der Waals surface area contributed by atoms with Crippen molar-refractivity contribution in [2.24, 2.45) is 0 Å². The summed E-state index contributed by atoms with van der Waals surface area (Å²) in [6, 6.07) is 72.7. The van der Waals surface area contributed by atoms with Gasteiger partial charge in [-0.1, -0.05) is 205 Å². The molecule has 0 unspecified atom stereocenters. The Bertz CT molecular complexity index is 2920. The Morgan fingerprint density at radius 3 is 0.683 bits per heavy atom. The van der Waals surface area contributed by atoms with Crippen LogP contribution in [0.3, 0.4) is 0 Å². The summed E-state index contributed by atoms with van der Waals surface area (Å²) in [5.74, 6) is 1.33. The number of ether oxygens (including phenoxy) is 1. The largest absolute Gasteiger partial charge is 0.457 e. The zero-order chi connectivity index (χ0) is 42.9. The van der Waals surface area contributed by atoms with Gasteiger partial charge in [0.15, 0.2) is 11.6 Å². The number of aryl methyl sites for hydroxylation is 2. The summed E-state index contributed by atoms with van der Waals surface area (Å²) in [6.45, 7) is 4.15. The van der Waals surface area contributed by atoms with Crippen molar-refractivity contribution in [1.82, 2.24) is 0 Å². The van der Waals surface area contributed by atoms with Crippen molar-refractivity contribution in [2.45, 2.75) is 13.8 Å². The molecule has 300 valence electrons. The highest BCUT2D eigenvalue weighted by Gasteiger charge is 2.37. The summed E-state index contributed by atoms with van der Waals surface area (Å²) in [6.07, 6.45) is 0. The van der Waals surface area contributed by atoms with Crippen molar-refractivity contribution < 1.29 is 14.3 Å². The van der Waals surface area contributed by atoms with Crippen molar-refractivity contribution in [1.29, 1.82) is 0 Å². The summed E-state index contributed by atoms with van der Waals surface area (Å²) in [4.78, 5) is 29.5. The third-order valence-electron chi connectivity index (χ3n) is 11.9. The van der Waals surface area contributed by atoms with Gasteiger partial charge in [0.2, 0.25) is 0 Å². The Morgan fingerprint density at radius 1 is 0.238 bits per heavy atom. The monoisotopic (exact) mass is 810 g/mol. The smallest absolute Gasteiger partial charge is 0.195 e. The quantitative estimate of drug-likeness (QED) is 0.138. The minimum Gasteiger partial charge on any atom is -0.457 e. The predicted molar refractivity (Wildman–Crippen MR) is 258 cm³/mol. The second-order valence-corrected chi connectivity index (χ2v) is 16.0. The zero-order valence-electron chi connectivity index (χ0n) is 35.0. The predicted octanol–water partition coefficient (Wildman–Crippen LogP) is 14.3. The van der Waals surface area contributed by atoms with Crippen LogP contribution in [-0.2, 0) is 9.59 Å². The van der Waals surface area contributed by atoms with Crippen LogP contribution in [0, 0.1) is 13.8 Å². The standard InChI is InChI=1S/C60H42O3/c1-39-23-27-45(28-24-39)51-53(57(43-19-11-5-12-20-43)59(61)55(51)41-15-7-3-8-16-41)47-31-35-49(36-32-47)63-50-37-33-48(34-38-50)54-52(46-29-25-40(2)26-30-46)56(42-17-9-4-10-18-42)60(62)58(54)44-21-13-6-14-22-44/h3-38H,1-2H3. The molecule has 2 aliphatic rings. The molecule has 0 bridgehead atoms. The fourth-order valence-electron chi connectivity index (χ4n) is 8.84. The van der Waals surface area contributed by atoms with Gasteiger partial charge < -0.3 is 4.74 Å². The average Bonchev–Trinajstić information content (AvgIpc) is 3.81. The molecule has 0 fully saturated rings. The Kier molecular flexibility index (Phi) is 10.4. The maximum absolute atomic E-state index is 14.7. The van der Waals surface area contributed by atoms with Gasteiger partial charge in [-0.15, -0.1) is 0 Å². The van der Waals surface area contributed by atoms with E-state index in [-0.39, 0.29) is 11.6 Å². The molecule has 3 heteroatoms. The van der Waals surface area contributed by atoms with E-state index in [9.17, 15) is 9.59 Å². The van der Waals surface area contributed by atoms with E-state index < -0.39 is 0 Å². The van der Waals surface area contributed by atoms with E-state index >= 15 is 0 Å². The Labute approximate surface area is 368 Å². The number of ketones is 2. The van der Waals surface area contributed by atoms with E-state index in [2.05, 4.69) is 62.4 Å². The SMILES string of the molecule is Cc1ccc(C2=C(c3ccccc3)C(=O)C(c3ccccc3)=C2c2ccc(Oc3ccc(C4=C(c5ccccc5)C(=O)C(c5ccccc5)=C4c4ccc(C)cc4)cc3)cc2)cc1. The normalized spacial score (nSPS) is 14.0. The van der Waals surface area contributed by atoms with E-state index in [4.69, 9.17) is 4.74 Å². The number of carbonyl (C=O) groups is 2. The molecule has 10 rings (SSSR count). The molecule has 2 aliphatic carbocycles. The van der Waals surface area contributed by atoms with Gasteiger partial charge in [0.05, 0.1) is 0 Å². The molecule has 3 nitrogen and oxygen atoms in total.